The first-order valence-corrected chi connectivity index (χ1v) is 6.42. The molecule has 1 aliphatic rings. The van der Waals surface area contributed by atoms with Crippen LogP contribution in [0.3, 0.4) is 0 Å². The predicted molar refractivity (Wildman–Crippen MR) is 66.1 cm³/mol. The highest BCUT2D eigenvalue weighted by Gasteiger charge is 2.28. The Morgan fingerprint density at radius 2 is 1.89 bits per heavy atom. The van der Waals surface area contributed by atoms with Crippen LogP contribution >= 0.6 is 0 Å². The van der Waals surface area contributed by atoms with Crippen molar-refractivity contribution < 1.29 is 13.9 Å². The highest BCUT2D eigenvalue weighted by atomic mass is 19.1. The van der Waals surface area contributed by atoms with Crippen LogP contribution in [0.1, 0.15) is 37.3 Å². The maximum absolute atomic E-state index is 13.8. The largest absolute Gasteiger partial charge is 0.393 e. The number of benzene rings is 1. The fourth-order valence-corrected chi connectivity index (χ4v) is 2.83. The molecule has 0 radical (unpaired) electrons. The van der Waals surface area contributed by atoms with Crippen molar-refractivity contribution in [1.29, 1.82) is 0 Å². The Morgan fingerprint density at radius 1 is 1.22 bits per heavy atom. The molecule has 100 valence electrons. The third-order valence-electron chi connectivity index (χ3n) is 3.82. The zero-order chi connectivity index (χ0) is 13.1. The van der Waals surface area contributed by atoms with Gasteiger partial charge in [0, 0.05) is 11.6 Å². The molecule has 1 fully saturated rings. The van der Waals surface area contributed by atoms with E-state index in [1.54, 1.807) is 7.05 Å². The molecule has 0 amide bonds. The van der Waals surface area contributed by atoms with E-state index in [1.807, 2.05) is 0 Å². The SMILES string of the molecule is CNC(c1cc(F)ccc1F)C1CCC(O)CC1. The molecule has 1 aromatic rings. The van der Waals surface area contributed by atoms with Gasteiger partial charge in [0.1, 0.15) is 11.6 Å². The Bertz CT molecular complexity index is 403. The Morgan fingerprint density at radius 3 is 2.50 bits per heavy atom. The van der Waals surface area contributed by atoms with Crippen molar-refractivity contribution in [3.63, 3.8) is 0 Å². The molecule has 4 heteroatoms. The standard InChI is InChI=1S/C14H19F2NO/c1-17-14(9-2-5-11(18)6-3-9)12-8-10(15)4-7-13(12)16/h4,7-9,11,14,17-18H,2-3,5-6H2,1H3. The van der Waals surface area contributed by atoms with Crippen molar-refractivity contribution >= 4 is 0 Å². The van der Waals surface area contributed by atoms with Crippen LogP contribution in [0.15, 0.2) is 18.2 Å². The summed E-state index contributed by atoms with van der Waals surface area (Å²) in [5, 5.41) is 12.6. The van der Waals surface area contributed by atoms with E-state index < -0.39 is 5.82 Å². The Labute approximate surface area is 106 Å². The summed E-state index contributed by atoms with van der Waals surface area (Å²) >= 11 is 0. The molecule has 1 atom stereocenters. The number of hydrogen-bond donors (Lipinski definition) is 2. The second-order valence-corrected chi connectivity index (χ2v) is 5.00. The molecular weight excluding hydrogens is 236 g/mol. The minimum Gasteiger partial charge on any atom is -0.393 e. The van der Waals surface area contributed by atoms with Gasteiger partial charge in [0.25, 0.3) is 0 Å². The molecule has 0 bridgehead atoms. The molecule has 0 heterocycles. The average molecular weight is 255 g/mol. The van der Waals surface area contributed by atoms with Gasteiger partial charge in [-0.15, -0.1) is 0 Å². The van der Waals surface area contributed by atoms with Gasteiger partial charge in [-0.05, 0) is 56.8 Å². The number of halogens is 2. The van der Waals surface area contributed by atoms with Crippen LogP contribution in [0.5, 0.6) is 0 Å². The molecule has 2 N–H and O–H groups in total. The first-order valence-electron chi connectivity index (χ1n) is 6.42. The zero-order valence-corrected chi connectivity index (χ0v) is 10.5. The molecule has 1 aliphatic carbocycles. The summed E-state index contributed by atoms with van der Waals surface area (Å²) in [6.07, 6.45) is 2.90. The molecule has 0 aliphatic heterocycles. The number of hydrogen-bond acceptors (Lipinski definition) is 2. The van der Waals surface area contributed by atoms with E-state index in [1.165, 1.54) is 12.1 Å². The van der Waals surface area contributed by atoms with Crippen LogP contribution in [0.4, 0.5) is 8.78 Å². The first-order chi connectivity index (χ1) is 8.61. The van der Waals surface area contributed by atoms with E-state index in [2.05, 4.69) is 5.32 Å². The first kappa shape index (κ1) is 13.4. The normalized spacial score (nSPS) is 26.0. The summed E-state index contributed by atoms with van der Waals surface area (Å²) in [6.45, 7) is 0. The van der Waals surface area contributed by atoms with E-state index in [0.29, 0.717) is 5.56 Å². The van der Waals surface area contributed by atoms with E-state index in [4.69, 9.17) is 0 Å². The Hall–Kier alpha value is -1.00. The summed E-state index contributed by atoms with van der Waals surface area (Å²) in [6, 6.07) is 3.39. The monoisotopic (exact) mass is 255 g/mol. The van der Waals surface area contributed by atoms with E-state index in [9.17, 15) is 13.9 Å². The van der Waals surface area contributed by atoms with Crippen molar-refractivity contribution in [1.82, 2.24) is 5.32 Å². The van der Waals surface area contributed by atoms with Gasteiger partial charge in [0.05, 0.1) is 6.10 Å². The third-order valence-corrected chi connectivity index (χ3v) is 3.82. The van der Waals surface area contributed by atoms with Gasteiger partial charge in [-0.2, -0.15) is 0 Å². The van der Waals surface area contributed by atoms with Crippen LogP contribution in [0, 0.1) is 17.6 Å². The van der Waals surface area contributed by atoms with Crippen molar-refractivity contribution in [2.75, 3.05) is 7.05 Å². The van der Waals surface area contributed by atoms with Gasteiger partial charge in [-0.1, -0.05) is 0 Å². The fourth-order valence-electron chi connectivity index (χ4n) is 2.83. The lowest BCUT2D eigenvalue weighted by atomic mass is 9.80. The highest BCUT2D eigenvalue weighted by molar-refractivity contribution is 5.23. The fraction of sp³-hybridized carbons (Fsp3) is 0.571. The lowest BCUT2D eigenvalue weighted by Gasteiger charge is -2.32. The molecule has 2 nitrogen and oxygen atoms in total. The summed E-state index contributed by atoms with van der Waals surface area (Å²) in [5.74, 6) is -0.543. The number of rotatable bonds is 3. The molecule has 1 unspecified atom stereocenters. The minimum atomic E-state index is -0.414. The van der Waals surface area contributed by atoms with Gasteiger partial charge in [0.2, 0.25) is 0 Å². The topological polar surface area (TPSA) is 32.3 Å². The number of nitrogens with one attached hydrogen (secondary N) is 1. The molecular formula is C14H19F2NO. The van der Waals surface area contributed by atoms with Gasteiger partial charge in [0.15, 0.2) is 0 Å². The van der Waals surface area contributed by atoms with Crippen molar-refractivity contribution in [2.24, 2.45) is 5.92 Å². The summed E-state index contributed by atoms with van der Waals surface area (Å²) < 4.78 is 27.0. The number of aliphatic hydroxyl groups is 1. The quantitative estimate of drug-likeness (QED) is 0.870. The maximum atomic E-state index is 13.8. The third kappa shape index (κ3) is 2.87. The van der Waals surface area contributed by atoms with Gasteiger partial charge < -0.3 is 10.4 Å². The molecule has 2 rings (SSSR count). The Kier molecular flexibility index (Phi) is 4.30. The molecule has 0 saturated heterocycles. The predicted octanol–water partition coefficient (Wildman–Crippen LogP) is 2.78. The van der Waals surface area contributed by atoms with Gasteiger partial charge in [-0.25, -0.2) is 8.78 Å². The molecule has 18 heavy (non-hydrogen) atoms. The second kappa shape index (κ2) is 5.76. The van der Waals surface area contributed by atoms with E-state index in [0.717, 1.165) is 31.7 Å². The van der Waals surface area contributed by atoms with Crippen LogP contribution in [0.25, 0.3) is 0 Å². The van der Waals surface area contributed by atoms with Gasteiger partial charge >= 0.3 is 0 Å². The maximum Gasteiger partial charge on any atom is 0.128 e. The van der Waals surface area contributed by atoms with E-state index >= 15 is 0 Å². The minimum absolute atomic E-state index is 0.187. The lowest BCUT2D eigenvalue weighted by Crippen LogP contribution is -2.30. The van der Waals surface area contributed by atoms with Crippen molar-refractivity contribution in [3.8, 4) is 0 Å². The second-order valence-electron chi connectivity index (χ2n) is 5.00. The smallest absolute Gasteiger partial charge is 0.128 e. The molecule has 1 saturated carbocycles. The number of aliphatic hydroxyl groups excluding tert-OH is 1. The molecule has 0 aromatic heterocycles. The zero-order valence-electron chi connectivity index (χ0n) is 10.5. The van der Waals surface area contributed by atoms with Crippen LogP contribution in [0.2, 0.25) is 0 Å². The highest BCUT2D eigenvalue weighted by Crippen LogP contribution is 2.35. The average Bonchev–Trinajstić information content (AvgIpc) is 2.37. The van der Waals surface area contributed by atoms with Crippen molar-refractivity contribution in [2.45, 2.75) is 37.8 Å². The van der Waals surface area contributed by atoms with Crippen LogP contribution in [-0.4, -0.2) is 18.3 Å². The van der Waals surface area contributed by atoms with E-state index in [-0.39, 0.29) is 23.9 Å². The summed E-state index contributed by atoms with van der Waals surface area (Å²) in [4.78, 5) is 0. The lowest BCUT2D eigenvalue weighted by molar-refractivity contribution is 0.0976. The van der Waals surface area contributed by atoms with Gasteiger partial charge in [-0.3, -0.25) is 0 Å². The molecule has 0 spiro atoms. The van der Waals surface area contributed by atoms with Crippen LogP contribution in [-0.2, 0) is 0 Å². The molecule has 1 aromatic carbocycles. The summed E-state index contributed by atoms with van der Waals surface area (Å²) in [5.41, 5.74) is 0.388. The van der Waals surface area contributed by atoms with Crippen molar-refractivity contribution in [3.05, 3.63) is 35.4 Å². The Balaban J connectivity index is 2.19. The van der Waals surface area contributed by atoms with Crippen LogP contribution < -0.4 is 5.32 Å². The summed E-state index contributed by atoms with van der Waals surface area (Å²) in [7, 11) is 1.76.